The van der Waals surface area contributed by atoms with Crippen LogP contribution < -0.4 is 5.73 Å². The summed E-state index contributed by atoms with van der Waals surface area (Å²) in [4.78, 5) is 19.8. The van der Waals surface area contributed by atoms with E-state index in [1.165, 1.54) is 0 Å². The Morgan fingerprint density at radius 3 is 1.76 bits per heavy atom. The molecule has 0 fully saturated rings. The molecular formula is C8H17NO8. The van der Waals surface area contributed by atoms with Crippen molar-refractivity contribution in [3.8, 4) is 0 Å². The summed E-state index contributed by atoms with van der Waals surface area (Å²) in [6.07, 6.45) is -5.22. The number of carboxylic acid groups (broad SMARTS) is 1. The number of rotatable bonds is 6. The third-order valence-electron chi connectivity index (χ3n) is 1.57. The summed E-state index contributed by atoms with van der Waals surface area (Å²) >= 11 is 0. The molecule has 0 aliphatic rings. The molecule has 8 N–H and O–H groups in total. The number of aliphatic hydroxyl groups is 5. The Bertz CT molecular complexity index is 234. The summed E-state index contributed by atoms with van der Waals surface area (Å²) in [6, 6.07) is 0. The van der Waals surface area contributed by atoms with Gasteiger partial charge in [-0.15, -0.1) is 0 Å². The number of aliphatic carboxylic acids is 1. The highest BCUT2D eigenvalue weighted by atomic mass is 16.4. The van der Waals surface area contributed by atoms with Gasteiger partial charge in [0.1, 0.15) is 24.9 Å². The Morgan fingerprint density at radius 1 is 1.12 bits per heavy atom. The first-order valence-electron chi connectivity index (χ1n) is 4.52. The first-order valence-corrected chi connectivity index (χ1v) is 4.52. The van der Waals surface area contributed by atoms with Gasteiger partial charge in [-0.3, -0.25) is 9.59 Å². The molecule has 0 unspecified atom stereocenters. The summed E-state index contributed by atoms with van der Waals surface area (Å²) in [6.45, 7) is -1.96. The van der Waals surface area contributed by atoms with Crippen molar-refractivity contribution < 1.29 is 40.2 Å². The van der Waals surface area contributed by atoms with E-state index in [0.717, 1.165) is 0 Å². The Labute approximate surface area is 96.7 Å². The molecule has 3 atom stereocenters. The molecule has 9 nitrogen and oxygen atoms in total. The van der Waals surface area contributed by atoms with Crippen LogP contribution in [0.5, 0.6) is 0 Å². The van der Waals surface area contributed by atoms with Crippen molar-refractivity contribution in [2.24, 2.45) is 5.73 Å². The molecule has 17 heavy (non-hydrogen) atoms. The number of carbonyl (C=O) groups is 2. The number of carboxylic acids is 1. The quantitative estimate of drug-likeness (QED) is 0.246. The highest BCUT2D eigenvalue weighted by Gasteiger charge is 2.28. The number of hydrogen-bond acceptors (Lipinski definition) is 8. The minimum atomic E-state index is -1.86. The fourth-order valence-corrected chi connectivity index (χ4v) is 0.602. The Hall–Kier alpha value is -1.10. The van der Waals surface area contributed by atoms with Crippen LogP contribution in [-0.4, -0.2) is 80.5 Å². The smallest absolute Gasteiger partial charge is 0.317 e. The summed E-state index contributed by atoms with van der Waals surface area (Å²) in [7, 11) is 0. The zero-order chi connectivity index (χ0) is 14.0. The predicted molar refractivity (Wildman–Crippen MR) is 53.9 cm³/mol. The number of nitrogens with two attached hydrogens (primary N) is 1. The van der Waals surface area contributed by atoms with Gasteiger partial charge in [-0.2, -0.15) is 0 Å². The summed E-state index contributed by atoms with van der Waals surface area (Å²) < 4.78 is 0. The second-order valence-corrected chi connectivity index (χ2v) is 2.91. The molecule has 0 aliphatic heterocycles. The molecule has 0 saturated carbocycles. The van der Waals surface area contributed by atoms with Crippen LogP contribution in [0.25, 0.3) is 0 Å². The summed E-state index contributed by atoms with van der Waals surface area (Å²) in [5.41, 5.74) is 4.57. The van der Waals surface area contributed by atoms with E-state index in [0.29, 0.717) is 0 Å². The van der Waals surface area contributed by atoms with E-state index >= 15 is 0 Å². The number of hydrogen-bond donors (Lipinski definition) is 7. The largest absolute Gasteiger partial charge is 0.480 e. The summed E-state index contributed by atoms with van der Waals surface area (Å²) in [5, 5.41) is 50.7. The van der Waals surface area contributed by atoms with Crippen LogP contribution in [0.4, 0.5) is 0 Å². The normalized spacial score (nSPS) is 15.2. The van der Waals surface area contributed by atoms with Crippen molar-refractivity contribution in [1.29, 1.82) is 0 Å². The van der Waals surface area contributed by atoms with Crippen LogP contribution in [0.2, 0.25) is 0 Å². The molecule has 0 heterocycles. The number of carbonyl (C=O) groups excluding carboxylic acids is 1. The minimum absolute atomic E-state index is 0.278. The van der Waals surface area contributed by atoms with Gasteiger partial charge >= 0.3 is 5.97 Å². The second-order valence-electron chi connectivity index (χ2n) is 2.91. The molecular weight excluding hydrogens is 238 g/mol. The van der Waals surface area contributed by atoms with Crippen LogP contribution in [-0.2, 0) is 9.59 Å². The summed E-state index contributed by atoms with van der Waals surface area (Å²) in [5.74, 6) is -1.97. The van der Waals surface area contributed by atoms with Crippen molar-refractivity contribution in [2.75, 3.05) is 19.8 Å². The maximum absolute atomic E-state index is 10.5. The predicted octanol–water partition coefficient (Wildman–Crippen LogP) is -4.35. The molecule has 102 valence electrons. The van der Waals surface area contributed by atoms with Crippen molar-refractivity contribution in [1.82, 2.24) is 0 Å². The highest BCUT2D eigenvalue weighted by Crippen LogP contribution is 2.00. The number of aliphatic hydroxyl groups excluding tert-OH is 5. The molecule has 0 bridgehead atoms. The van der Waals surface area contributed by atoms with Gasteiger partial charge in [0.25, 0.3) is 0 Å². The lowest BCUT2D eigenvalue weighted by Crippen LogP contribution is -2.44. The molecule has 0 aromatic carbocycles. The van der Waals surface area contributed by atoms with Crippen LogP contribution in [0.15, 0.2) is 0 Å². The molecule has 0 aliphatic carbocycles. The monoisotopic (exact) mass is 255 g/mol. The zero-order valence-corrected chi connectivity index (χ0v) is 8.93. The average molecular weight is 255 g/mol. The molecule has 0 amide bonds. The van der Waals surface area contributed by atoms with E-state index in [-0.39, 0.29) is 6.54 Å². The number of ketones is 1. The van der Waals surface area contributed by atoms with Gasteiger partial charge < -0.3 is 36.4 Å². The van der Waals surface area contributed by atoms with Gasteiger partial charge in [-0.25, -0.2) is 0 Å². The highest BCUT2D eigenvalue weighted by molar-refractivity contribution is 5.84. The molecule has 0 aromatic heterocycles. The maximum atomic E-state index is 10.5. The first kappa shape index (κ1) is 18.3. The zero-order valence-electron chi connectivity index (χ0n) is 8.93. The van der Waals surface area contributed by atoms with Crippen molar-refractivity contribution in [3.05, 3.63) is 0 Å². The van der Waals surface area contributed by atoms with Gasteiger partial charge in [0, 0.05) is 0 Å². The van der Waals surface area contributed by atoms with Crippen molar-refractivity contribution in [2.45, 2.75) is 18.3 Å². The van der Waals surface area contributed by atoms with Crippen molar-refractivity contribution in [3.63, 3.8) is 0 Å². The molecule has 0 rings (SSSR count). The van der Waals surface area contributed by atoms with Crippen LogP contribution in [0, 0.1) is 0 Å². The van der Waals surface area contributed by atoms with E-state index in [9.17, 15) is 9.59 Å². The Balaban J connectivity index is 0. The van der Waals surface area contributed by atoms with Gasteiger partial charge in [0.15, 0.2) is 5.78 Å². The van der Waals surface area contributed by atoms with Gasteiger partial charge in [0.2, 0.25) is 0 Å². The van der Waals surface area contributed by atoms with E-state index in [1.807, 2.05) is 0 Å². The third kappa shape index (κ3) is 8.68. The Morgan fingerprint density at radius 2 is 1.53 bits per heavy atom. The third-order valence-corrected chi connectivity index (χ3v) is 1.57. The lowest BCUT2D eigenvalue weighted by Gasteiger charge is -2.19. The maximum Gasteiger partial charge on any atom is 0.317 e. The molecule has 0 saturated heterocycles. The first-order chi connectivity index (χ1) is 7.81. The van der Waals surface area contributed by atoms with Gasteiger partial charge in [-0.1, -0.05) is 0 Å². The molecule has 0 aromatic rings. The number of Topliss-reactive ketones (excluding diaryl/α,β-unsaturated/α-hetero) is 1. The lowest BCUT2D eigenvalue weighted by atomic mass is 10.1. The van der Waals surface area contributed by atoms with Crippen LogP contribution in [0.1, 0.15) is 0 Å². The van der Waals surface area contributed by atoms with E-state index in [2.05, 4.69) is 5.73 Å². The van der Waals surface area contributed by atoms with E-state index in [4.69, 9.17) is 30.6 Å². The standard InChI is InChI=1S/C6H12O6.C2H5NO2/c7-1-3(9)5(11)6(12)4(10)2-8;3-1-2(4)5/h3,5-9,11-12H,1-2H2;1,3H2,(H,4,5)/t3-,5-,6-;/m1./s1. The van der Waals surface area contributed by atoms with E-state index < -0.39 is 43.3 Å². The minimum Gasteiger partial charge on any atom is -0.480 e. The lowest BCUT2D eigenvalue weighted by molar-refractivity contribution is -0.142. The van der Waals surface area contributed by atoms with Crippen LogP contribution >= 0.6 is 0 Å². The Kier molecular flexibility index (Phi) is 10.8. The fraction of sp³-hybridized carbons (Fsp3) is 0.750. The van der Waals surface area contributed by atoms with Gasteiger partial charge in [-0.05, 0) is 0 Å². The average Bonchev–Trinajstić information content (AvgIpc) is 2.35. The SMILES string of the molecule is NCC(=O)O.O=C(CO)[C@@H](O)[C@H](O)[C@H](O)CO. The van der Waals surface area contributed by atoms with Crippen molar-refractivity contribution >= 4 is 11.8 Å². The van der Waals surface area contributed by atoms with Crippen LogP contribution in [0.3, 0.4) is 0 Å². The fourth-order valence-electron chi connectivity index (χ4n) is 0.602. The molecule has 9 heteroatoms. The van der Waals surface area contributed by atoms with Gasteiger partial charge in [0.05, 0.1) is 13.2 Å². The molecule has 0 spiro atoms. The van der Waals surface area contributed by atoms with E-state index in [1.54, 1.807) is 0 Å². The topological polar surface area (TPSA) is 182 Å². The molecule has 0 radical (unpaired) electrons. The second kappa shape index (κ2) is 10.1.